The van der Waals surface area contributed by atoms with Crippen LogP contribution in [0.3, 0.4) is 0 Å². The highest BCUT2D eigenvalue weighted by molar-refractivity contribution is 6.12. The zero-order valence-electron chi connectivity index (χ0n) is 11.6. The molecule has 0 atom stereocenters. The zero-order valence-corrected chi connectivity index (χ0v) is 11.6. The number of ketones is 1. The molecule has 2 aromatic rings. The van der Waals surface area contributed by atoms with Crippen LogP contribution in [0.15, 0.2) is 42.5 Å². The lowest BCUT2D eigenvalue weighted by Gasteiger charge is -2.09. The van der Waals surface area contributed by atoms with Gasteiger partial charge in [-0.3, -0.25) is 9.59 Å². The number of rotatable bonds is 2. The SMILES string of the molecule is CC(=O)OCc1ccc2c(c1)OCc1ccccc1C2=O. The Morgan fingerprint density at radius 3 is 2.81 bits per heavy atom. The van der Waals surface area contributed by atoms with E-state index in [-0.39, 0.29) is 18.4 Å². The van der Waals surface area contributed by atoms with E-state index in [1.807, 2.05) is 24.3 Å². The Morgan fingerprint density at radius 2 is 2.00 bits per heavy atom. The molecule has 1 aliphatic rings. The molecule has 1 aliphatic heterocycles. The number of carbonyl (C=O) groups excluding carboxylic acids is 2. The number of carbonyl (C=O) groups is 2. The standard InChI is InChI=1S/C17H14O4/c1-11(18)20-9-12-6-7-15-16(8-12)21-10-13-4-2-3-5-14(13)17(15)19/h2-8H,9-10H2,1H3. The van der Waals surface area contributed by atoms with Crippen LogP contribution in [0, 0.1) is 0 Å². The molecule has 0 fully saturated rings. The van der Waals surface area contributed by atoms with Gasteiger partial charge in [0.05, 0.1) is 5.56 Å². The predicted octanol–water partition coefficient (Wildman–Crippen LogP) is 2.87. The first-order valence-electron chi connectivity index (χ1n) is 6.67. The quantitative estimate of drug-likeness (QED) is 0.795. The van der Waals surface area contributed by atoms with E-state index in [9.17, 15) is 9.59 Å². The Morgan fingerprint density at radius 1 is 1.19 bits per heavy atom. The van der Waals surface area contributed by atoms with E-state index in [4.69, 9.17) is 9.47 Å². The van der Waals surface area contributed by atoms with Crippen LogP contribution in [0.2, 0.25) is 0 Å². The highest BCUT2D eigenvalue weighted by Gasteiger charge is 2.22. The number of hydrogen-bond donors (Lipinski definition) is 0. The molecule has 0 amide bonds. The van der Waals surface area contributed by atoms with E-state index in [2.05, 4.69) is 0 Å². The van der Waals surface area contributed by atoms with E-state index < -0.39 is 0 Å². The number of benzene rings is 2. The van der Waals surface area contributed by atoms with E-state index in [1.54, 1.807) is 18.2 Å². The molecule has 4 nitrogen and oxygen atoms in total. The van der Waals surface area contributed by atoms with Gasteiger partial charge in [-0.25, -0.2) is 0 Å². The van der Waals surface area contributed by atoms with Gasteiger partial charge in [0, 0.05) is 18.1 Å². The van der Waals surface area contributed by atoms with Gasteiger partial charge in [-0.1, -0.05) is 30.3 Å². The Hall–Kier alpha value is -2.62. The summed E-state index contributed by atoms with van der Waals surface area (Å²) in [6.45, 7) is 1.89. The third-order valence-corrected chi connectivity index (χ3v) is 3.38. The molecule has 0 aromatic heterocycles. The number of esters is 1. The molecule has 106 valence electrons. The molecular formula is C17H14O4. The van der Waals surface area contributed by atoms with Crippen molar-refractivity contribution < 1.29 is 19.1 Å². The zero-order chi connectivity index (χ0) is 14.8. The highest BCUT2D eigenvalue weighted by atomic mass is 16.5. The van der Waals surface area contributed by atoms with Crippen molar-refractivity contribution >= 4 is 11.8 Å². The normalized spacial score (nSPS) is 12.7. The summed E-state index contributed by atoms with van der Waals surface area (Å²) in [7, 11) is 0. The van der Waals surface area contributed by atoms with Crippen molar-refractivity contribution in [2.24, 2.45) is 0 Å². The van der Waals surface area contributed by atoms with Crippen molar-refractivity contribution in [1.82, 2.24) is 0 Å². The van der Waals surface area contributed by atoms with Crippen molar-refractivity contribution in [1.29, 1.82) is 0 Å². The van der Waals surface area contributed by atoms with Crippen LogP contribution >= 0.6 is 0 Å². The summed E-state index contributed by atoms with van der Waals surface area (Å²) in [6.07, 6.45) is 0. The van der Waals surface area contributed by atoms with Crippen LogP contribution in [0.1, 0.15) is 34.0 Å². The van der Waals surface area contributed by atoms with Gasteiger partial charge in [0.1, 0.15) is 19.0 Å². The maximum Gasteiger partial charge on any atom is 0.302 e. The van der Waals surface area contributed by atoms with Gasteiger partial charge in [0.15, 0.2) is 5.78 Å². The van der Waals surface area contributed by atoms with Gasteiger partial charge in [-0.2, -0.15) is 0 Å². The molecule has 0 aliphatic carbocycles. The number of hydrogen-bond acceptors (Lipinski definition) is 4. The van der Waals surface area contributed by atoms with Crippen LogP contribution in [-0.2, 0) is 22.7 Å². The third kappa shape index (κ3) is 2.65. The van der Waals surface area contributed by atoms with E-state index in [0.717, 1.165) is 11.1 Å². The van der Waals surface area contributed by atoms with Crippen LogP contribution in [0.5, 0.6) is 5.75 Å². The predicted molar refractivity (Wildman–Crippen MR) is 76.1 cm³/mol. The number of ether oxygens (including phenoxy) is 2. The molecule has 4 heteroatoms. The minimum absolute atomic E-state index is 0.0443. The number of fused-ring (bicyclic) bond motifs is 2. The fraction of sp³-hybridized carbons (Fsp3) is 0.176. The Bertz CT molecular complexity index is 718. The second kappa shape index (κ2) is 5.40. The molecule has 3 rings (SSSR count). The second-order valence-corrected chi connectivity index (χ2v) is 4.89. The fourth-order valence-electron chi connectivity index (χ4n) is 2.32. The highest BCUT2D eigenvalue weighted by Crippen LogP contribution is 2.29. The first-order valence-corrected chi connectivity index (χ1v) is 6.67. The Balaban J connectivity index is 1.95. The van der Waals surface area contributed by atoms with E-state index >= 15 is 0 Å². The fourth-order valence-corrected chi connectivity index (χ4v) is 2.32. The lowest BCUT2D eigenvalue weighted by molar-refractivity contribution is -0.142. The summed E-state index contributed by atoms with van der Waals surface area (Å²) in [4.78, 5) is 23.4. The Labute approximate surface area is 122 Å². The molecule has 2 aromatic carbocycles. The summed E-state index contributed by atoms with van der Waals surface area (Å²) in [5.74, 6) is 0.146. The lowest BCUT2D eigenvalue weighted by Crippen LogP contribution is -2.03. The average Bonchev–Trinajstić information content (AvgIpc) is 2.63. The van der Waals surface area contributed by atoms with Crippen LogP contribution in [0.25, 0.3) is 0 Å². The average molecular weight is 282 g/mol. The molecule has 0 spiro atoms. The second-order valence-electron chi connectivity index (χ2n) is 4.89. The molecule has 0 radical (unpaired) electrons. The largest absolute Gasteiger partial charge is 0.488 e. The topological polar surface area (TPSA) is 52.6 Å². The van der Waals surface area contributed by atoms with Gasteiger partial charge in [0.25, 0.3) is 0 Å². The minimum atomic E-state index is -0.339. The van der Waals surface area contributed by atoms with Crippen molar-refractivity contribution in [3.05, 3.63) is 64.7 Å². The third-order valence-electron chi connectivity index (χ3n) is 3.38. The first kappa shape index (κ1) is 13.4. The molecule has 0 saturated heterocycles. The van der Waals surface area contributed by atoms with Crippen molar-refractivity contribution in [2.45, 2.75) is 20.1 Å². The summed E-state index contributed by atoms with van der Waals surface area (Å²) in [5.41, 5.74) is 2.87. The summed E-state index contributed by atoms with van der Waals surface area (Å²) in [5, 5.41) is 0. The van der Waals surface area contributed by atoms with Gasteiger partial charge < -0.3 is 9.47 Å². The lowest BCUT2D eigenvalue weighted by atomic mass is 9.98. The molecule has 21 heavy (non-hydrogen) atoms. The maximum absolute atomic E-state index is 12.5. The summed E-state index contributed by atoms with van der Waals surface area (Å²) in [6, 6.07) is 12.7. The van der Waals surface area contributed by atoms with Crippen molar-refractivity contribution in [3.63, 3.8) is 0 Å². The van der Waals surface area contributed by atoms with Crippen molar-refractivity contribution in [2.75, 3.05) is 0 Å². The molecule has 1 heterocycles. The van der Waals surface area contributed by atoms with E-state index in [1.165, 1.54) is 6.92 Å². The maximum atomic E-state index is 12.5. The Kier molecular flexibility index (Phi) is 3.44. The summed E-state index contributed by atoms with van der Waals surface area (Å²) < 4.78 is 10.7. The smallest absolute Gasteiger partial charge is 0.302 e. The van der Waals surface area contributed by atoms with Gasteiger partial charge in [0.2, 0.25) is 0 Å². The molecule has 0 saturated carbocycles. The van der Waals surface area contributed by atoms with Crippen LogP contribution in [-0.4, -0.2) is 11.8 Å². The van der Waals surface area contributed by atoms with Crippen LogP contribution in [0.4, 0.5) is 0 Å². The minimum Gasteiger partial charge on any atom is -0.488 e. The monoisotopic (exact) mass is 282 g/mol. The molecular weight excluding hydrogens is 268 g/mol. The van der Waals surface area contributed by atoms with Crippen LogP contribution < -0.4 is 4.74 Å². The van der Waals surface area contributed by atoms with Gasteiger partial charge in [-0.15, -0.1) is 0 Å². The van der Waals surface area contributed by atoms with Gasteiger partial charge >= 0.3 is 5.97 Å². The van der Waals surface area contributed by atoms with E-state index in [0.29, 0.717) is 23.5 Å². The molecule has 0 N–H and O–H groups in total. The first-order chi connectivity index (χ1) is 10.1. The molecule has 0 bridgehead atoms. The molecule has 0 unspecified atom stereocenters. The van der Waals surface area contributed by atoms with Gasteiger partial charge in [-0.05, 0) is 17.7 Å². The van der Waals surface area contributed by atoms with Crippen molar-refractivity contribution in [3.8, 4) is 5.75 Å². The summed E-state index contributed by atoms with van der Waals surface area (Å²) >= 11 is 0.